The zero-order valence-corrected chi connectivity index (χ0v) is 8.16. The van der Waals surface area contributed by atoms with E-state index < -0.39 is 0 Å². The molecule has 1 aromatic rings. The molecule has 0 bridgehead atoms. The van der Waals surface area contributed by atoms with E-state index in [1.807, 2.05) is 0 Å². The van der Waals surface area contributed by atoms with Gasteiger partial charge in [-0.05, 0) is 24.6 Å². The fraction of sp³-hybridized carbons (Fsp3) is 0.455. The minimum atomic E-state index is -0.204. The number of rotatable bonds is 1. The van der Waals surface area contributed by atoms with E-state index in [4.69, 9.17) is 4.74 Å². The van der Waals surface area contributed by atoms with Crippen molar-refractivity contribution in [3.05, 3.63) is 35.6 Å². The predicted octanol–water partition coefficient (Wildman–Crippen LogP) is 1.88. The van der Waals surface area contributed by atoms with Crippen molar-refractivity contribution < 1.29 is 9.13 Å². The van der Waals surface area contributed by atoms with Crippen LogP contribution in [0, 0.1) is 5.82 Å². The Balaban J connectivity index is 2.16. The number of nitrogens with one attached hydrogen (secondary N) is 1. The van der Waals surface area contributed by atoms with Crippen LogP contribution in [0.25, 0.3) is 0 Å². The van der Waals surface area contributed by atoms with Crippen LogP contribution in [0.15, 0.2) is 24.3 Å². The van der Waals surface area contributed by atoms with Gasteiger partial charge >= 0.3 is 0 Å². The monoisotopic (exact) mass is 195 g/mol. The largest absolute Gasteiger partial charge is 0.371 e. The molecular weight excluding hydrogens is 181 g/mol. The highest BCUT2D eigenvalue weighted by atomic mass is 19.1. The molecule has 2 atom stereocenters. The molecule has 0 radical (unpaired) electrons. The van der Waals surface area contributed by atoms with E-state index in [0.717, 1.165) is 12.1 Å². The summed E-state index contributed by atoms with van der Waals surface area (Å²) in [6.45, 7) is 3.68. The zero-order valence-electron chi connectivity index (χ0n) is 8.16. The molecule has 1 fully saturated rings. The first-order valence-electron chi connectivity index (χ1n) is 4.88. The van der Waals surface area contributed by atoms with Gasteiger partial charge in [0.2, 0.25) is 0 Å². The summed E-state index contributed by atoms with van der Waals surface area (Å²) in [5, 5.41) is 3.33. The average Bonchev–Trinajstić information content (AvgIpc) is 2.20. The van der Waals surface area contributed by atoms with Gasteiger partial charge in [0.1, 0.15) is 5.82 Å². The molecule has 1 saturated heterocycles. The van der Waals surface area contributed by atoms with Gasteiger partial charge in [-0.15, -0.1) is 0 Å². The molecular formula is C11H14FNO. The summed E-state index contributed by atoms with van der Waals surface area (Å²) in [6.07, 6.45) is 0.0457. The van der Waals surface area contributed by atoms with Crippen molar-refractivity contribution in [1.29, 1.82) is 0 Å². The maximum Gasteiger partial charge on any atom is 0.123 e. The summed E-state index contributed by atoms with van der Waals surface area (Å²) in [7, 11) is 0. The highest BCUT2D eigenvalue weighted by Crippen LogP contribution is 2.23. The second kappa shape index (κ2) is 4.07. The number of ether oxygens (including phenoxy) is 1. The van der Waals surface area contributed by atoms with E-state index in [1.165, 1.54) is 12.1 Å². The highest BCUT2D eigenvalue weighted by Gasteiger charge is 2.22. The first-order chi connectivity index (χ1) is 6.77. The molecule has 1 aliphatic heterocycles. The summed E-state index contributed by atoms with van der Waals surface area (Å²) in [4.78, 5) is 0. The van der Waals surface area contributed by atoms with E-state index in [-0.39, 0.29) is 18.0 Å². The average molecular weight is 195 g/mol. The Hall–Kier alpha value is -0.930. The standard InChI is InChI=1S/C11H14FNO/c1-8-11(14-7-6-13-8)9-2-4-10(12)5-3-9/h2-5,8,11,13H,6-7H2,1H3/t8-,11+/m0/s1. The van der Waals surface area contributed by atoms with Gasteiger partial charge in [-0.3, -0.25) is 0 Å². The number of hydrogen-bond acceptors (Lipinski definition) is 2. The van der Waals surface area contributed by atoms with Crippen LogP contribution < -0.4 is 5.32 Å². The van der Waals surface area contributed by atoms with Crippen LogP contribution in [0.2, 0.25) is 0 Å². The molecule has 0 spiro atoms. The van der Waals surface area contributed by atoms with Crippen molar-refractivity contribution in [2.45, 2.75) is 19.1 Å². The van der Waals surface area contributed by atoms with E-state index in [9.17, 15) is 4.39 Å². The number of hydrogen-bond donors (Lipinski definition) is 1. The minimum Gasteiger partial charge on any atom is -0.371 e. The summed E-state index contributed by atoms with van der Waals surface area (Å²) < 4.78 is 18.3. The van der Waals surface area contributed by atoms with Crippen LogP contribution in [-0.2, 0) is 4.74 Å². The van der Waals surface area contributed by atoms with Crippen LogP contribution in [0.5, 0.6) is 0 Å². The molecule has 1 heterocycles. The summed E-state index contributed by atoms with van der Waals surface area (Å²) >= 11 is 0. The lowest BCUT2D eigenvalue weighted by Crippen LogP contribution is -2.41. The molecule has 1 aliphatic rings. The molecule has 1 N–H and O–H groups in total. The summed E-state index contributed by atoms with van der Waals surface area (Å²) in [6, 6.07) is 6.79. The molecule has 0 amide bonds. The molecule has 3 heteroatoms. The Labute approximate surface area is 83.1 Å². The SMILES string of the molecule is C[C@@H]1NCCO[C@H]1c1ccc(F)cc1. The molecule has 2 rings (SSSR count). The van der Waals surface area contributed by atoms with Gasteiger partial charge in [-0.2, -0.15) is 0 Å². The fourth-order valence-electron chi connectivity index (χ4n) is 1.76. The van der Waals surface area contributed by atoms with Crippen molar-refractivity contribution >= 4 is 0 Å². The quantitative estimate of drug-likeness (QED) is 0.738. The normalized spacial score (nSPS) is 27.6. The molecule has 76 valence electrons. The third-order valence-electron chi connectivity index (χ3n) is 2.52. The van der Waals surface area contributed by atoms with Crippen LogP contribution >= 0.6 is 0 Å². The highest BCUT2D eigenvalue weighted by molar-refractivity contribution is 5.20. The van der Waals surface area contributed by atoms with Gasteiger partial charge in [-0.25, -0.2) is 4.39 Å². The van der Waals surface area contributed by atoms with E-state index in [2.05, 4.69) is 12.2 Å². The molecule has 2 nitrogen and oxygen atoms in total. The van der Waals surface area contributed by atoms with E-state index in [0.29, 0.717) is 6.61 Å². The van der Waals surface area contributed by atoms with Crippen molar-refractivity contribution in [2.75, 3.05) is 13.2 Å². The van der Waals surface area contributed by atoms with Crippen molar-refractivity contribution in [3.8, 4) is 0 Å². The molecule has 0 aromatic heterocycles. The van der Waals surface area contributed by atoms with Crippen LogP contribution in [0.4, 0.5) is 4.39 Å². The van der Waals surface area contributed by atoms with Crippen molar-refractivity contribution in [3.63, 3.8) is 0 Å². The van der Waals surface area contributed by atoms with Gasteiger partial charge in [0, 0.05) is 12.6 Å². The topological polar surface area (TPSA) is 21.3 Å². The van der Waals surface area contributed by atoms with Crippen LogP contribution in [0.3, 0.4) is 0 Å². The number of halogens is 1. The van der Waals surface area contributed by atoms with Crippen LogP contribution in [-0.4, -0.2) is 19.2 Å². The fourth-order valence-corrected chi connectivity index (χ4v) is 1.76. The van der Waals surface area contributed by atoms with Gasteiger partial charge < -0.3 is 10.1 Å². The molecule has 14 heavy (non-hydrogen) atoms. The lowest BCUT2D eigenvalue weighted by molar-refractivity contribution is -0.000256. The lowest BCUT2D eigenvalue weighted by Gasteiger charge is -2.30. The zero-order chi connectivity index (χ0) is 9.97. The Bertz CT molecular complexity index is 299. The van der Waals surface area contributed by atoms with Crippen molar-refractivity contribution in [2.24, 2.45) is 0 Å². The Morgan fingerprint density at radius 2 is 2.07 bits per heavy atom. The van der Waals surface area contributed by atoms with Crippen LogP contribution in [0.1, 0.15) is 18.6 Å². The Morgan fingerprint density at radius 1 is 1.36 bits per heavy atom. The molecule has 0 aliphatic carbocycles. The Kier molecular flexibility index (Phi) is 2.79. The van der Waals surface area contributed by atoms with Gasteiger partial charge in [0.25, 0.3) is 0 Å². The second-order valence-electron chi connectivity index (χ2n) is 3.59. The molecule has 0 saturated carbocycles. The first-order valence-corrected chi connectivity index (χ1v) is 4.88. The van der Waals surface area contributed by atoms with E-state index in [1.54, 1.807) is 12.1 Å². The third-order valence-corrected chi connectivity index (χ3v) is 2.52. The lowest BCUT2D eigenvalue weighted by atomic mass is 10.0. The first kappa shape index (κ1) is 9.62. The second-order valence-corrected chi connectivity index (χ2v) is 3.59. The molecule has 0 unspecified atom stereocenters. The number of benzene rings is 1. The van der Waals surface area contributed by atoms with Gasteiger partial charge in [0.15, 0.2) is 0 Å². The van der Waals surface area contributed by atoms with Gasteiger partial charge in [-0.1, -0.05) is 12.1 Å². The minimum absolute atomic E-state index is 0.0457. The Morgan fingerprint density at radius 3 is 2.71 bits per heavy atom. The third kappa shape index (κ3) is 1.94. The number of morpholine rings is 1. The van der Waals surface area contributed by atoms with Gasteiger partial charge in [0.05, 0.1) is 12.7 Å². The predicted molar refractivity (Wildman–Crippen MR) is 52.6 cm³/mol. The maximum atomic E-state index is 12.7. The van der Waals surface area contributed by atoms with E-state index >= 15 is 0 Å². The van der Waals surface area contributed by atoms with Crippen molar-refractivity contribution in [1.82, 2.24) is 5.32 Å². The molecule has 1 aromatic carbocycles. The maximum absolute atomic E-state index is 12.7. The summed E-state index contributed by atoms with van der Waals surface area (Å²) in [5.74, 6) is -0.204. The smallest absolute Gasteiger partial charge is 0.123 e. The summed E-state index contributed by atoms with van der Waals surface area (Å²) in [5.41, 5.74) is 1.03.